The molecule has 0 saturated heterocycles. The van der Waals surface area contributed by atoms with Crippen molar-refractivity contribution in [3.8, 4) is 17.4 Å². The summed E-state index contributed by atoms with van der Waals surface area (Å²) in [4.78, 5) is 28.6. The molecule has 1 heterocycles. The SMILES string of the molecule is COC(=O)c1ccccc1NC(=O)Cc1ccc(Oc2ccc(OCCc3ccccc3)cc2)nc1. The van der Waals surface area contributed by atoms with Gasteiger partial charge in [-0.05, 0) is 47.5 Å². The van der Waals surface area contributed by atoms with Crippen LogP contribution in [0.3, 0.4) is 0 Å². The Labute approximate surface area is 209 Å². The van der Waals surface area contributed by atoms with Crippen LogP contribution >= 0.6 is 0 Å². The lowest BCUT2D eigenvalue weighted by Gasteiger charge is -2.10. The lowest BCUT2D eigenvalue weighted by molar-refractivity contribution is -0.115. The number of nitrogens with one attached hydrogen (secondary N) is 1. The molecule has 0 aliphatic carbocycles. The number of carbonyl (C=O) groups is 2. The number of ether oxygens (including phenoxy) is 3. The molecule has 1 N–H and O–H groups in total. The fourth-order valence-electron chi connectivity index (χ4n) is 3.49. The fraction of sp³-hybridized carbons (Fsp3) is 0.138. The molecule has 0 aliphatic rings. The van der Waals surface area contributed by atoms with Crippen LogP contribution < -0.4 is 14.8 Å². The number of para-hydroxylation sites is 1. The zero-order valence-corrected chi connectivity index (χ0v) is 19.8. The Morgan fingerprint density at radius 1 is 0.806 bits per heavy atom. The Kier molecular flexibility index (Phi) is 8.27. The van der Waals surface area contributed by atoms with Crippen molar-refractivity contribution >= 4 is 17.6 Å². The van der Waals surface area contributed by atoms with Gasteiger partial charge in [-0.1, -0.05) is 48.5 Å². The Morgan fingerprint density at radius 2 is 1.53 bits per heavy atom. The van der Waals surface area contributed by atoms with Gasteiger partial charge in [-0.3, -0.25) is 4.79 Å². The van der Waals surface area contributed by atoms with Crippen molar-refractivity contribution in [1.82, 2.24) is 4.98 Å². The molecule has 7 heteroatoms. The summed E-state index contributed by atoms with van der Waals surface area (Å²) in [5.74, 6) is 1.02. The van der Waals surface area contributed by atoms with Crippen LogP contribution in [0.2, 0.25) is 0 Å². The second-order valence-electron chi connectivity index (χ2n) is 7.92. The van der Waals surface area contributed by atoms with Crippen LogP contribution in [0.1, 0.15) is 21.5 Å². The molecule has 1 amide bonds. The molecule has 4 aromatic rings. The Bertz CT molecular complexity index is 1290. The van der Waals surface area contributed by atoms with Gasteiger partial charge in [0, 0.05) is 18.7 Å². The first-order valence-corrected chi connectivity index (χ1v) is 11.5. The number of carbonyl (C=O) groups excluding carboxylic acids is 2. The highest BCUT2D eigenvalue weighted by atomic mass is 16.5. The summed E-state index contributed by atoms with van der Waals surface area (Å²) in [6.07, 6.45) is 2.52. The maximum absolute atomic E-state index is 12.5. The number of benzene rings is 3. The number of anilines is 1. The van der Waals surface area contributed by atoms with Crippen molar-refractivity contribution in [3.05, 3.63) is 114 Å². The predicted octanol–water partition coefficient (Wildman–Crippen LogP) is 5.46. The summed E-state index contributed by atoms with van der Waals surface area (Å²) < 4.78 is 16.4. The average molecular weight is 483 g/mol. The molecular formula is C29H26N2O5. The minimum atomic E-state index is -0.513. The molecule has 36 heavy (non-hydrogen) atoms. The van der Waals surface area contributed by atoms with E-state index >= 15 is 0 Å². The lowest BCUT2D eigenvalue weighted by Crippen LogP contribution is -2.17. The largest absolute Gasteiger partial charge is 0.493 e. The van der Waals surface area contributed by atoms with E-state index in [1.807, 2.05) is 42.5 Å². The normalized spacial score (nSPS) is 10.4. The van der Waals surface area contributed by atoms with Crippen LogP contribution in [0, 0.1) is 0 Å². The third-order valence-electron chi connectivity index (χ3n) is 5.32. The standard InChI is InChI=1S/C29H26N2O5/c1-34-29(33)25-9-5-6-10-26(25)31-27(32)19-22-11-16-28(30-20-22)36-24-14-12-23(13-15-24)35-18-17-21-7-3-2-4-8-21/h2-16,20H,17-19H2,1H3,(H,31,32). The van der Waals surface area contributed by atoms with Gasteiger partial charge in [0.05, 0.1) is 31.4 Å². The van der Waals surface area contributed by atoms with Crippen LogP contribution in [0.5, 0.6) is 17.4 Å². The molecule has 0 saturated carbocycles. The number of rotatable bonds is 10. The van der Waals surface area contributed by atoms with Crippen molar-refractivity contribution in [3.63, 3.8) is 0 Å². The van der Waals surface area contributed by atoms with E-state index in [4.69, 9.17) is 14.2 Å². The average Bonchev–Trinajstić information content (AvgIpc) is 2.91. The van der Waals surface area contributed by atoms with Crippen LogP contribution in [0.4, 0.5) is 5.69 Å². The summed E-state index contributed by atoms with van der Waals surface area (Å²) in [6.45, 7) is 0.592. The molecule has 1 aromatic heterocycles. The number of hydrogen-bond donors (Lipinski definition) is 1. The van der Waals surface area contributed by atoms with Crippen molar-refractivity contribution in [2.45, 2.75) is 12.8 Å². The first kappa shape index (κ1) is 24.5. The first-order valence-electron chi connectivity index (χ1n) is 11.5. The lowest BCUT2D eigenvalue weighted by atomic mass is 10.1. The van der Waals surface area contributed by atoms with Crippen molar-refractivity contribution in [1.29, 1.82) is 0 Å². The number of esters is 1. The van der Waals surface area contributed by atoms with E-state index in [1.165, 1.54) is 12.7 Å². The predicted molar refractivity (Wildman–Crippen MR) is 137 cm³/mol. The van der Waals surface area contributed by atoms with Crippen molar-refractivity contribution in [2.75, 3.05) is 19.0 Å². The third-order valence-corrected chi connectivity index (χ3v) is 5.32. The van der Waals surface area contributed by atoms with E-state index in [1.54, 1.807) is 42.6 Å². The summed E-state index contributed by atoms with van der Waals surface area (Å²) >= 11 is 0. The molecule has 7 nitrogen and oxygen atoms in total. The molecule has 0 aliphatic heterocycles. The Balaban J connectivity index is 1.27. The van der Waals surface area contributed by atoms with Crippen LogP contribution in [0.15, 0.2) is 97.2 Å². The number of pyridine rings is 1. The smallest absolute Gasteiger partial charge is 0.339 e. The molecular weight excluding hydrogens is 456 g/mol. The zero-order valence-electron chi connectivity index (χ0n) is 19.8. The van der Waals surface area contributed by atoms with Crippen LogP contribution in [0.25, 0.3) is 0 Å². The van der Waals surface area contributed by atoms with Crippen molar-refractivity contribution in [2.24, 2.45) is 0 Å². The maximum atomic E-state index is 12.5. The molecule has 0 atom stereocenters. The molecule has 0 bridgehead atoms. The highest BCUT2D eigenvalue weighted by molar-refractivity contribution is 6.01. The van der Waals surface area contributed by atoms with Gasteiger partial charge in [-0.25, -0.2) is 9.78 Å². The molecule has 0 unspecified atom stereocenters. The molecule has 3 aromatic carbocycles. The van der Waals surface area contributed by atoms with E-state index in [0.717, 1.165) is 12.2 Å². The topological polar surface area (TPSA) is 86.8 Å². The monoisotopic (exact) mass is 482 g/mol. The van der Waals surface area contributed by atoms with Gasteiger partial charge >= 0.3 is 5.97 Å². The summed E-state index contributed by atoms with van der Waals surface area (Å²) in [5.41, 5.74) is 2.63. The van der Waals surface area contributed by atoms with Gasteiger partial charge in [0.1, 0.15) is 11.5 Å². The number of methoxy groups -OCH3 is 1. The molecule has 4 rings (SSSR count). The highest BCUT2D eigenvalue weighted by Gasteiger charge is 2.13. The summed E-state index contributed by atoms with van der Waals surface area (Å²) in [6, 6.07) is 27.7. The number of nitrogens with zero attached hydrogens (tertiary/aromatic N) is 1. The van der Waals surface area contributed by atoms with E-state index in [9.17, 15) is 9.59 Å². The van der Waals surface area contributed by atoms with Crippen LogP contribution in [-0.2, 0) is 22.4 Å². The third kappa shape index (κ3) is 6.93. The number of hydrogen-bond acceptors (Lipinski definition) is 6. The Morgan fingerprint density at radius 3 is 2.25 bits per heavy atom. The molecule has 0 spiro atoms. The van der Waals surface area contributed by atoms with Gasteiger partial charge in [-0.2, -0.15) is 0 Å². The fourth-order valence-corrected chi connectivity index (χ4v) is 3.49. The highest BCUT2D eigenvalue weighted by Crippen LogP contribution is 2.23. The molecule has 182 valence electrons. The van der Waals surface area contributed by atoms with Gasteiger partial charge in [0.15, 0.2) is 0 Å². The minimum absolute atomic E-state index is 0.0950. The quantitative estimate of drug-likeness (QED) is 0.302. The van der Waals surface area contributed by atoms with E-state index in [-0.39, 0.29) is 12.3 Å². The van der Waals surface area contributed by atoms with Crippen molar-refractivity contribution < 1.29 is 23.8 Å². The van der Waals surface area contributed by atoms with E-state index < -0.39 is 5.97 Å². The maximum Gasteiger partial charge on any atom is 0.339 e. The zero-order chi connectivity index (χ0) is 25.2. The first-order chi connectivity index (χ1) is 17.6. The van der Waals surface area contributed by atoms with E-state index in [0.29, 0.717) is 35.1 Å². The molecule has 0 radical (unpaired) electrons. The van der Waals surface area contributed by atoms with Gasteiger partial charge < -0.3 is 19.5 Å². The number of amides is 1. The number of aromatic nitrogens is 1. The Hall–Kier alpha value is -4.65. The van der Waals surface area contributed by atoms with Gasteiger partial charge in [-0.15, -0.1) is 0 Å². The van der Waals surface area contributed by atoms with E-state index in [2.05, 4.69) is 22.4 Å². The second kappa shape index (κ2) is 12.2. The summed E-state index contributed by atoms with van der Waals surface area (Å²) in [7, 11) is 1.30. The second-order valence-corrected chi connectivity index (χ2v) is 7.92. The minimum Gasteiger partial charge on any atom is -0.493 e. The summed E-state index contributed by atoms with van der Waals surface area (Å²) in [5, 5.41) is 2.75. The van der Waals surface area contributed by atoms with Gasteiger partial charge in [0.2, 0.25) is 11.8 Å². The molecule has 0 fully saturated rings. The van der Waals surface area contributed by atoms with Gasteiger partial charge in [0.25, 0.3) is 0 Å². The van der Waals surface area contributed by atoms with Crippen LogP contribution in [-0.4, -0.2) is 30.6 Å².